The van der Waals surface area contributed by atoms with E-state index < -0.39 is 5.41 Å². The minimum absolute atomic E-state index is 0.0254. The van der Waals surface area contributed by atoms with Crippen LogP contribution in [0.1, 0.15) is 57.9 Å². The molecule has 144 valence electrons. The number of hydrogen-bond donors (Lipinski definition) is 2. The van der Waals surface area contributed by atoms with Gasteiger partial charge < -0.3 is 15.4 Å². The van der Waals surface area contributed by atoms with Gasteiger partial charge in [-0.15, -0.1) is 0 Å². The minimum atomic E-state index is -0.466. The number of ether oxygens (including phenoxy) is 1. The Bertz CT molecular complexity index is 590. The molecule has 1 fully saturated rings. The van der Waals surface area contributed by atoms with Crippen molar-refractivity contribution in [2.24, 2.45) is 5.92 Å². The molecule has 0 radical (unpaired) electrons. The first-order valence-corrected chi connectivity index (χ1v) is 9.65. The second-order valence-corrected chi connectivity index (χ2v) is 7.61. The standard InChI is InChI=1S/C21H32N2O3/c1-16(2)15-19(24)23-18-9-7-17(8-10-18)21(11-5-4-6-12-21)20(25)22-13-14-26-3/h7-10,16H,4-6,11-15H2,1-3H3,(H,22,25)(H,23,24). The molecule has 0 saturated heterocycles. The summed E-state index contributed by atoms with van der Waals surface area (Å²) >= 11 is 0. The van der Waals surface area contributed by atoms with Gasteiger partial charge in [0.25, 0.3) is 0 Å². The van der Waals surface area contributed by atoms with Gasteiger partial charge in [-0.25, -0.2) is 0 Å². The Morgan fingerprint density at radius 2 is 1.77 bits per heavy atom. The van der Waals surface area contributed by atoms with Crippen LogP contribution in [-0.4, -0.2) is 32.1 Å². The van der Waals surface area contributed by atoms with Crippen LogP contribution in [-0.2, 0) is 19.7 Å². The van der Waals surface area contributed by atoms with Crippen LogP contribution >= 0.6 is 0 Å². The number of rotatable bonds is 8. The van der Waals surface area contributed by atoms with Gasteiger partial charge in [-0.3, -0.25) is 9.59 Å². The van der Waals surface area contributed by atoms with E-state index >= 15 is 0 Å². The molecule has 2 rings (SSSR count). The fourth-order valence-electron chi connectivity index (χ4n) is 3.69. The molecule has 2 amide bonds. The summed E-state index contributed by atoms with van der Waals surface area (Å²) in [5.74, 6) is 0.443. The number of methoxy groups -OCH3 is 1. The zero-order valence-electron chi connectivity index (χ0n) is 16.3. The number of amides is 2. The fourth-order valence-corrected chi connectivity index (χ4v) is 3.69. The number of nitrogens with one attached hydrogen (secondary N) is 2. The van der Waals surface area contributed by atoms with Crippen molar-refractivity contribution in [2.75, 3.05) is 25.6 Å². The van der Waals surface area contributed by atoms with E-state index in [2.05, 4.69) is 10.6 Å². The molecule has 1 aromatic carbocycles. The van der Waals surface area contributed by atoms with E-state index in [0.29, 0.717) is 25.5 Å². The van der Waals surface area contributed by atoms with Crippen LogP contribution in [0.2, 0.25) is 0 Å². The van der Waals surface area contributed by atoms with Crippen molar-refractivity contribution in [2.45, 2.75) is 57.8 Å². The smallest absolute Gasteiger partial charge is 0.230 e. The van der Waals surface area contributed by atoms with E-state index in [0.717, 1.165) is 36.9 Å². The van der Waals surface area contributed by atoms with Gasteiger partial charge in [-0.05, 0) is 36.5 Å². The van der Waals surface area contributed by atoms with Gasteiger partial charge in [-0.1, -0.05) is 45.2 Å². The van der Waals surface area contributed by atoms with Crippen LogP contribution < -0.4 is 10.6 Å². The first-order chi connectivity index (χ1) is 12.5. The minimum Gasteiger partial charge on any atom is -0.383 e. The average Bonchev–Trinajstić information content (AvgIpc) is 2.62. The molecule has 1 aliphatic carbocycles. The number of benzene rings is 1. The molecule has 26 heavy (non-hydrogen) atoms. The summed E-state index contributed by atoms with van der Waals surface area (Å²) in [6.07, 6.45) is 5.54. The van der Waals surface area contributed by atoms with Crippen LogP contribution in [0.4, 0.5) is 5.69 Å². The molecule has 5 heteroatoms. The summed E-state index contributed by atoms with van der Waals surface area (Å²) in [5.41, 5.74) is 1.35. The molecule has 0 spiro atoms. The van der Waals surface area contributed by atoms with E-state index in [9.17, 15) is 9.59 Å². The van der Waals surface area contributed by atoms with Crippen molar-refractivity contribution in [3.63, 3.8) is 0 Å². The van der Waals surface area contributed by atoms with Gasteiger partial charge in [0.1, 0.15) is 0 Å². The van der Waals surface area contributed by atoms with Crippen LogP contribution in [0.3, 0.4) is 0 Å². The highest BCUT2D eigenvalue weighted by molar-refractivity contribution is 5.91. The van der Waals surface area contributed by atoms with E-state index in [1.807, 2.05) is 38.1 Å². The molecule has 1 aliphatic rings. The van der Waals surface area contributed by atoms with Crippen LogP contribution in [0.25, 0.3) is 0 Å². The van der Waals surface area contributed by atoms with Gasteiger partial charge in [0.15, 0.2) is 0 Å². The van der Waals surface area contributed by atoms with Crippen LogP contribution in [0, 0.1) is 5.92 Å². The van der Waals surface area contributed by atoms with Crippen molar-refractivity contribution in [3.8, 4) is 0 Å². The van der Waals surface area contributed by atoms with Crippen LogP contribution in [0.5, 0.6) is 0 Å². The number of hydrogen-bond acceptors (Lipinski definition) is 3. The molecule has 0 atom stereocenters. The first kappa shape index (κ1) is 20.4. The summed E-state index contributed by atoms with van der Waals surface area (Å²) in [7, 11) is 1.63. The lowest BCUT2D eigenvalue weighted by atomic mass is 9.68. The molecule has 5 nitrogen and oxygen atoms in total. The van der Waals surface area contributed by atoms with E-state index in [1.54, 1.807) is 7.11 Å². The maximum absolute atomic E-state index is 12.9. The molecule has 0 unspecified atom stereocenters. The molecular formula is C21H32N2O3. The van der Waals surface area contributed by atoms with Gasteiger partial charge >= 0.3 is 0 Å². The fraction of sp³-hybridized carbons (Fsp3) is 0.619. The maximum Gasteiger partial charge on any atom is 0.230 e. The summed E-state index contributed by atoms with van der Waals surface area (Å²) in [5, 5.41) is 5.96. The number of anilines is 1. The largest absolute Gasteiger partial charge is 0.383 e. The first-order valence-electron chi connectivity index (χ1n) is 9.65. The quantitative estimate of drug-likeness (QED) is 0.696. The van der Waals surface area contributed by atoms with Gasteiger partial charge in [0.05, 0.1) is 12.0 Å². The Hall–Kier alpha value is -1.88. The van der Waals surface area contributed by atoms with Crippen LogP contribution in [0.15, 0.2) is 24.3 Å². The Morgan fingerprint density at radius 3 is 2.35 bits per heavy atom. The number of carbonyl (C=O) groups is 2. The Balaban J connectivity index is 2.12. The summed E-state index contributed by atoms with van der Waals surface area (Å²) in [6.45, 7) is 5.10. The van der Waals surface area contributed by atoms with E-state index in [-0.39, 0.29) is 11.8 Å². The molecule has 2 N–H and O–H groups in total. The predicted octanol–water partition coefficient (Wildman–Crippen LogP) is 3.64. The molecule has 0 aliphatic heterocycles. The molecule has 0 aromatic heterocycles. The van der Waals surface area contributed by atoms with Crippen molar-refractivity contribution < 1.29 is 14.3 Å². The highest BCUT2D eigenvalue weighted by Crippen LogP contribution is 2.40. The molecule has 0 heterocycles. The topological polar surface area (TPSA) is 67.4 Å². The highest BCUT2D eigenvalue weighted by Gasteiger charge is 2.40. The van der Waals surface area contributed by atoms with Gasteiger partial charge in [0, 0.05) is 25.8 Å². The SMILES string of the molecule is COCCNC(=O)C1(c2ccc(NC(=O)CC(C)C)cc2)CCCCC1. The third kappa shape index (κ3) is 5.31. The van der Waals surface area contributed by atoms with E-state index in [4.69, 9.17) is 4.74 Å². The zero-order chi connectivity index (χ0) is 19.0. The molecule has 0 bridgehead atoms. The third-order valence-electron chi connectivity index (χ3n) is 5.05. The van der Waals surface area contributed by atoms with Gasteiger partial charge in [-0.2, -0.15) is 0 Å². The lowest BCUT2D eigenvalue weighted by Crippen LogP contribution is -2.46. The summed E-state index contributed by atoms with van der Waals surface area (Å²) in [4.78, 5) is 24.9. The monoisotopic (exact) mass is 360 g/mol. The second kappa shape index (κ2) is 9.72. The molecular weight excluding hydrogens is 328 g/mol. The Labute approximate surface area is 156 Å². The lowest BCUT2D eigenvalue weighted by molar-refractivity contribution is -0.128. The lowest BCUT2D eigenvalue weighted by Gasteiger charge is -2.36. The average molecular weight is 360 g/mol. The Morgan fingerprint density at radius 1 is 1.12 bits per heavy atom. The zero-order valence-corrected chi connectivity index (χ0v) is 16.3. The van der Waals surface area contributed by atoms with Crippen molar-refractivity contribution in [1.82, 2.24) is 5.32 Å². The highest BCUT2D eigenvalue weighted by atomic mass is 16.5. The van der Waals surface area contributed by atoms with Gasteiger partial charge in [0.2, 0.25) is 11.8 Å². The number of carbonyl (C=O) groups excluding carboxylic acids is 2. The maximum atomic E-state index is 12.9. The second-order valence-electron chi connectivity index (χ2n) is 7.61. The van der Waals surface area contributed by atoms with Crippen molar-refractivity contribution in [3.05, 3.63) is 29.8 Å². The summed E-state index contributed by atoms with van der Waals surface area (Å²) < 4.78 is 5.04. The molecule has 1 saturated carbocycles. The Kier molecular flexibility index (Phi) is 7.64. The molecule has 1 aromatic rings. The van der Waals surface area contributed by atoms with Crippen molar-refractivity contribution in [1.29, 1.82) is 0 Å². The predicted molar refractivity (Wildman–Crippen MR) is 104 cm³/mol. The van der Waals surface area contributed by atoms with Crippen molar-refractivity contribution >= 4 is 17.5 Å². The normalized spacial score (nSPS) is 16.3. The van der Waals surface area contributed by atoms with E-state index in [1.165, 1.54) is 6.42 Å². The third-order valence-corrected chi connectivity index (χ3v) is 5.05. The summed E-state index contributed by atoms with van der Waals surface area (Å²) in [6, 6.07) is 7.80.